The molecule has 1 N–H and O–H groups in total. The zero-order chi connectivity index (χ0) is 11.1. The topological polar surface area (TPSA) is 15.3 Å². The SMILES string of the molecule is CC(C)C1CC(N2C[C@@H]3CCCN[C@@H]3C2)C1. The summed E-state index contributed by atoms with van der Waals surface area (Å²) in [5.74, 6) is 2.88. The minimum Gasteiger partial charge on any atom is -0.312 e. The molecule has 2 saturated heterocycles. The molecule has 2 heterocycles. The summed E-state index contributed by atoms with van der Waals surface area (Å²) < 4.78 is 0. The summed E-state index contributed by atoms with van der Waals surface area (Å²) in [7, 11) is 0. The lowest BCUT2D eigenvalue weighted by Crippen LogP contribution is -2.46. The largest absolute Gasteiger partial charge is 0.312 e. The van der Waals surface area contributed by atoms with E-state index in [4.69, 9.17) is 0 Å². The fraction of sp³-hybridized carbons (Fsp3) is 1.00. The van der Waals surface area contributed by atoms with Crippen molar-refractivity contribution in [2.45, 2.75) is 51.6 Å². The Bertz CT molecular complexity index is 231. The number of likely N-dealkylation sites (tertiary alicyclic amines) is 1. The highest BCUT2D eigenvalue weighted by molar-refractivity contribution is 4.98. The fourth-order valence-corrected chi connectivity index (χ4v) is 3.85. The van der Waals surface area contributed by atoms with Crippen molar-refractivity contribution in [1.29, 1.82) is 0 Å². The maximum Gasteiger partial charge on any atom is 0.0235 e. The molecule has 0 bridgehead atoms. The summed E-state index contributed by atoms with van der Waals surface area (Å²) in [5, 5.41) is 3.71. The van der Waals surface area contributed by atoms with Gasteiger partial charge in [0.15, 0.2) is 0 Å². The van der Waals surface area contributed by atoms with Crippen molar-refractivity contribution >= 4 is 0 Å². The molecule has 3 aliphatic rings. The van der Waals surface area contributed by atoms with Gasteiger partial charge in [-0.2, -0.15) is 0 Å². The maximum absolute atomic E-state index is 3.71. The standard InChI is InChI=1S/C14H26N2/c1-10(2)12-6-13(7-12)16-8-11-4-3-5-15-14(11)9-16/h10-15H,3-9H2,1-2H3/t11-,12?,13?,14+/m0/s1. The monoisotopic (exact) mass is 222 g/mol. The predicted octanol–water partition coefficient (Wildman–Crippen LogP) is 2.10. The van der Waals surface area contributed by atoms with Crippen LogP contribution in [-0.4, -0.2) is 36.6 Å². The van der Waals surface area contributed by atoms with Gasteiger partial charge in [-0.1, -0.05) is 13.8 Å². The van der Waals surface area contributed by atoms with Crippen LogP contribution in [0.2, 0.25) is 0 Å². The Morgan fingerprint density at radius 3 is 2.69 bits per heavy atom. The summed E-state index contributed by atoms with van der Waals surface area (Å²) in [4.78, 5) is 2.78. The van der Waals surface area contributed by atoms with E-state index in [2.05, 4.69) is 24.1 Å². The Balaban J connectivity index is 1.51. The van der Waals surface area contributed by atoms with Gasteiger partial charge in [-0.15, -0.1) is 0 Å². The lowest BCUT2D eigenvalue weighted by atomic mass is 9.73. The van der Waals surface area contributed by atoms with Crippen molar-refractivity contribution in [2.24, 2.45) is 17.8 Å². The molecule has 2 aliphatic heterocycles. The van der Waals surface area contributed by atoms with Crippen LogP contribution in [0.3, 0.4) is 0 Å². The Hall–Kier alpha value is -0.0800. The third-order valence-corrected chi connectivity index (χ3v) is 5.24. The molecule has 0 spiro atoms. The van der Waals surface area contributed by atoms with E-state index in [1.165, 1.54) is 45.3 Å². The number of nitrogens with zero attached hydrogens (tertiary/aromatic N) is 1. The highest BCUT2D eigenvalue weighted by Gasteiger charge is 2.42. The zero-order valence-electron chi connectivity index (χ0n) is 10.8. The minimum absolute atomic E-state index is 0.826. The molecule has 92 valence electrons. The van der Waals surface area contributed by atoms with Crippen LogP contribution < -0.4 is 5.32 Å². The van der Waals surface area contributed by atoms with Crippen molar-refractivity contribution in [3.63, 3.8) is 0 Å². The molecule has 0 radical (unpaired) electrons. The van der Waals surface area contributed by atoms with Crippen molar-refractivity contribution in [1.82, 2.24) is 10.2 Å². The summed E-state index contributed by atoms with van der Waals surface area (Å²) in [6.07, 6.45) is 5.80. The second-order valence-corrected chi connectivity index (χ2v) is 6.55. The number of piperidine rings is 1. The molecule has 1 aliphatic carbocycles. The number of nitrogens with one attached hydrogen (secondary N) is 1. The Kier molecular flexibility index (Phi) is 2.97. The van der Waals surface area contributed by atoms with E-state index in [0.29, 0.717) is 0 Å². The van der Waals surface area contributed by atoms with Gasteiger partial charge in [-0.25, -0.2) is 0 Å². The van der Waals surface area contributed by atoms with E-state index in [1.54, 1.807) is 0 Å². The summed E-state index contributed by atoms with van der Waals surface area (Å²) in [6, 6.07) is 1.76. The molecule has 16 heavy (non-hydrogen) atoms. The zero-order valence-corrected chi connectivity index (χ0v) is 10.8. The van der Waals surface area contributed by atoms with Gasteiger partial charge in [0, 0.05) is 25.2 Å². The van der Waals surface area contributed by atoms with E-state index in [1.807, 2.05) is 0 Å². The minimum atomic E-state index is 0.826. The van der Waals surface area contributed by atoms with Crippen LogP contribution in [0.5, 0.6) is 0 Å². The molecule has 2 nitrogen and oxygen atoms in total. The number of hydrogen-bond acceptors (Lipinski definition) is 2. The maximum atomic E-state index is 3.71. The molecule has 0 unspecified atom stereocenters. The van der Waals surface area contributed by atoms with E-state index in [-0.39, 0.29) is 0 Å². The van der Waals surface area contributed by atoms with E-state index in [9.17, 15) is 0 Å². The number of hydrogen-bond donors (Lipinski definition) is 1. The van der Waals surface area contributed by atoms with Gasteiger partial charge in [0.1, 0.15) is 0 Å². The molecule has 3 rings (SSSR count). The Morgan fingerprint density at radius 1 is 1.19 bits per heavy atom. The van der Waals surface area contributed by atoms with Gasteiger partial charge in [-0.3, -0.25) is 4.90 Å². The molecule has 3 fully saturated rings. The molecule has 2 heteroatoms. The predicted molar refractivity (Wildman–Crippen MR) is 67.4 cm³/mol. The molecule has 0 aromatic heterocycles. The quantitative estimate of drug-likeness (QED) is 0.770. The fourth-order valence-electron chi connectivity index (χ4n) is 3.85. The summed E-state index contributed by atoms with van der Waals surface area (Å²) in [6.45, 7) is 8.74. The molecule has 0 aromatic carbocycles. The first-order valence-corrected chi connectivity index (χ1v) is 7.21. The van der Waals surface area contributed by atoms with Crippen LogP contribution in [0.15, 0.2) is 0 Å². The van der Waals surface area contributed by atoms with Crippen LogP contribution in [0.1, 0.15) is 39.5 Å². The molecule has 2 atom stereocenters. The van der Waals surface area contributed by atoms with Crippen molar-refractivity contribution < 1.29 is 0 Å². The average Bonchev–Trinajstić information content (AvgIpc) is 2.57. The molecular formula is C14H26N2. The van der Waals surface area contributed by atoms with Gasteiger partial charge in [0.2, 0.25) is 0 Å². The van der Waals surface area contributed by atoms with Crippen molar-refractivity contribution in [2.75, 3.05) is 19.6 Å². The number of rotatable bonds is 2. The van der Waals surface area contributed by atoms with Gasteiger partial charge in [0.25, 0.3) is 0 Å². The van der Waals surface area contributed by atoms with Crippen LogP contribution >= 0.6 is 0 Å². The smallest absolute Gasteiger partial charge is 0.0235 e. The van der Waals surface area contributed by atoms with Gasteiger partial charge in [0.05, 0.1) is 0 Å². The third kappa shape index (κ3) is 1.91. The van der Waals surface area contributed by atoms with Crippen LogP contribution in [0.4, 0.5) is 0 Å². The Labute approximate surface area is 99.8 Å². The molecule has 1 saturated carbocycles. The van der Waals surface area contributed by atoms with E-state index in [0.717, 1.165) is 29.8 Å². The third-order valence-electron chi connectivity index (χ3n) is 5.24. The lowest BCUT2D eigenvalue weighted by Gasteiger charge is -2.43. The van der Waals surface area contributed by atoms with Crippen LogP contribution in [0, 0.1) is 17.8 Å². The average molecular weight is 222 g/mol. The van der Waals surface area contributed by atoms with Crippen LogP contribution in [-0.2, 0) is 0 Å². The van der Waals surface area contributed by atoms with E-state index < -0.39 is 0 Å². The van der Waals surface area contributed by atoms with Gasteiger partial charge < -0.3 is 5.32 Å². The van der Waals surface area contributed by atoms with Crippen molar-refractivity contribution in [3.05, 3.63) is 0 Å². The first kappa shape index (κ1) is 11.0. The van der Waals surface area contributed by atoms with Gasteiger partial charge >= 0.3 is 0 Å². The molecular weight excluding hydrogens is 196 g/mol. The summed E-state index contributed by atoms with van der Waals surface area (Å²) in [5.41, 5.74) is 0. The normalized spacial score (nSPS) is 44.4. The Morgan fingerprint density at radius 2 is 2.00 bits per heavy atom. The van der Waals surface area contributed by atoms with Crippen molar-refractivity contribution in [3.8, 4) is 0 Å². The highest BCUT2D eigenvalue weighted by atomic mass is 15.2. The van der Waals surface area contributed by atoms with E-state index >= 15 is 0 Å². The lowest BCUT2D eigenvalue weighted by molar-refractivity contribution is 0.0696. The highest BCUT2D eigenvalue weighted by Crippen LogP contribution is 2.39. The second kappa shape index (κ2) is 4.30. The first-order chi connectivity index (χ1) is 7.74. The van der Waals surface area contributed by atoms with Gasteiger partial charge in [-0.05, 0) is 50.0 Å². The van der Waals surface area contributed by atoms with Crippen LogP contribution in [0.25, 0.3) is 0 Å². The first-order valence-electron chi connectivity index (χ1n) is 7.21. The molecule has 0 aromatic rings. The molecule has 0 amide bonds. The number of fused-ring (bicyclic) bond motifs is 1. The summed E-state index contributed by atoms with van der Waals surface area (Å²) >= 11 is 0. The second-order valence-electron chi connectivity index (χ2n) is 6.55.